The normalized spacial score (nSPS) is 20.5. The Hall–Kier alpha value is -2.34. The van der Waals surface area contributed by atoms with Gasteiger partial charge in [0.05, 0.1) is 6.10 Å². The van der Waals surface area contributed by atoms with Gasteiger partial charge in [-0.25, -0.2) is 9.97 Å². The van der Waals surface area contributed by atoms with Gasteiger partial charge in [-0.15, -0.1) is 0 Å². The molecule has 0 saturated carbocycles. The molecule has 4 rings (SSSR count). The zero-order valence-electron chi connectivity index (χ0n) is 14.2. The molecular weight excluding hydrogens is 318 g/mol. The van der Waals surface area contributed by atoms with Crippen molar-refractivity contribution in [3.63, 3.8) is 0 Å². The smallest absolute Gasteiger partial charge is 0.161 e. The Bertz CT molecular complexity index is 717. The Balaban J connectivity index is 1.35. The van der Waals surface area contributed by atoms with Crippen molar-refractivity contribution in [3.05, 3.63) is 42.4 Å². The second-order valence-electron chi connectivity index (χ2n) is 6.59. The number of piperidine rings is 1. The summed E-state index contributed by atoms with van der Waals surface area (Å²) in [6, 6.07) is 9.70. The number of nitrogens with zero attached hydrogens (tertiary/aromatic N) is 3. The van der Waals surface area contributed by atoms with E-state index in [2.05, 4.69) is 14.9 Å². The Kier molecular flexibility index (Phi) is 4.70. The molecule has 0 amide bonds. The van der Waals surface area contributed by atoms with E-state index in [1.165, 1.54) is 0 Å². The number of benzene rings is 1. The summed E-state index contributed by atoms with van der Waals surface area (Å²) in [6.45, 7) is 2.24. The molecule has 0 spiro atoms. The van der Waals surface area contributed by atoms with Crippen molar-refractivity contribution in [2.75, 3.05) is 24.6 Å². The van der Waals surface area contributed by atoms with Crippen LogP contribution in [0.4, 0.5) is 5.82 Å². The third kappa shape index (κ3) is 3.85. The van der Waals surface area contributed by atoms with Crippen molar-refractivity contribution in [2.45, 2.75) is 37.9 Å². The predicted molar refractivity (Wildman–Crippen MR) is 94.2 cm³/mol. The maximum atomic E-state index is 9.64. The molecule has 3 heterocycles. The van der Waals surface area contributed by atoms with E-state index in [1.54, 1.807) is 0 Å². The van der Waals surface area contributed by atoms with Crippen LogP contribution >= 0.6 is 0 Å². The molecule has 1 aromatic heterocycles. The van der Waals surface area contributed by atoms with Crippen LogP contribution in [-0.4, -0.2) is 47.0 Å². The summed E-state index contributed by atoms with van der Waals surface area (Å²) in [5, 5.41) is 9.64. The van der Waals surface area contributed by atoms with Crippen molar-refractivity contribution < 1.29 is 14.6 Å². The van der Waals surface area contributed by atoms with Gasteiger partial charge in [-0.05, 0) is 37.5 Å². The van der Waals surface area contributed by atoms with Gasteiger partial charge in [-0.3, -0.25) is 0 Å². The molecule has 1 N–H and O–H groups in total. The molecule has 132 valence electrons. The first-order valence-electron chi connectivity index (χ1n) is 8.91. The summed E-state index contributed by atoms with van der Waals surface area (Å²) in [5.41, 5.74) is 0. The van der Waals surface area contributed by atoms with Gasteiger partial charge in [0.1, 0.15) is 24.4 Å². The van der Waals surface area contributed by atoms with Crippen LogP contribution in [0.25, 0.3) is 0 Å². The molecular formula is C19H23N3O3. The number of anilines is 1. The van der Waals surface area contributed by atoms with Crippen molar-refractivity contribution in [1.82, 2.24) is 9.97 Å². The second kappa shape index (κ2) is 7.27. The van der Waals surface area contributed by atoms with E-state index < -0.39 is 0 Å². The van der Waals surface area contributed by atoms with E-state index in [4.69, 9.17) is 9.47 Å². The van der Waals surface area contributed by atoms with Crippen LogP contribution in [0.5, 0.6) is 11.5 Å². The van der Waals surface area contributed by atoms with E-state index in [-0.39, 0.29) is 12.2 Å². The maximum Gasteiger partial charge on any atom is 0.161 e. The number of hydrogen-bond acceptors (Lipinski definition) is 6. The minimum Gasteiger partial charge on any atom is -0.486 e. The SMILES string of the molecule is OC1CCN(c2ccnc(CC[C@H]3COc4ccccc4O3)n2)CC1. The highest BCUT2D eigenvalue weighted by Crippen LogP contribution is 2.31. The lowest BCUT2D eigenvalue weighted by atomic mass is 10.1. The number of aromatic nitrogens is 2. The first-order valence-corrected chi connectivity index (χ1v) is 8.91. The Labute approximate surface area is 147 Å². The Morgan fingerprint density at radius 2 is 1.92 bits per heavy atom. The zero-order valence-corrected chi connectivity index (χ0v) is 14.2. The predicted octanol–water partition coefficient (Wildman–Crippen LogP) is 2.21. The molecule has 6 nitrogen and oxygen atoms in total. The first-order chi connectivity index (χ1) is 12.3. The molecule has 25 heavy (non-hydrogen) atoms. The summed E-state index contributed by atoms with van der Waals surface area (Å²) in [4.78, 5) is 11.3. The number of aryl methyl sites for hydroxylation is 1. The molecule has 1 atom stereocenters. The average molecular weight is 341 g/mol. The second-order valence-corrected chi connectivity index (χ2v) is 6.59. The molecule has 2 aromatic rings. The van der Waals surface area contributed by atoms with E-state index in [0.29, 0.717) is 6.61 Å². The van der Waals surface area contributed by atoms with Crippen LogP contribution < -0.4 is 14.4 Å². The largest absolute Gasteiger partial charge is 0.486 e. The number of hydrogen-bond donors (Lipinski definition) is 1. The van der Waals surface area contributed by atoms with Gasteiger partial charge in [0.15, 0.2) is 11.5 Å². The van der Waals surface area contributed by atoms with Crippen LogP contribution in [0.3, 0.4) is 0 Å². The topological polar surface area (TPSA) is 67.7 Å². The minimum absolute atomic E-state index is 0.0206. The number of aliphatic hydroxyl groups is 1. The van der Waals surface area contributed by atoms with E-state index in [0.717, 1.165) is 61.9 Å². The van der Waals surface area contributed by atoms with Gasteiger partial charge in [-0.1, -0.05) is 12.1 Å². The van der Waals surface area contributed by atoms with Gasteiger partial charge in [-0.2, -0.15) is 0 Å². The van der Waals surface area contributed by atoms with Crippen molar-refractivity contribution >= 4 is 5.82 Å². The number of rotatable bonds is 4. The fraction of sp³-hybridized carbons (Fsp3) is 0.474. The number of ether oxygens (including phenoxy) is 2. The van der Waals surface area contributed by atoms with Crippen molar-refractivity contribution in [2.24, 2.45) is 0 Å². The van der Waals surface area contributed by atoms with E-state index in [9.17, 15) is 5.11 Å². The summed E-state index contributed by atoms with van der Waals surface area (Å²) in [5.74, 6) is 3.39. The van der Waals surface area contributed by atoms with Gasteiger partial charge < -0.3 is 19.5 Å². The van der Waals surface area contributed by atoms with Crippen molar-refractivity contribution in [1.29, 1.82) is 0 Å². The van der Waals surface area contributed by atoms with Crippen LogP contribution in [0.2, 0.25) is 0 Å². The zero-order chi connectivity index (χ0) is 17.1. The first kappa shape index (κ1) is 16.1. The van der Waals surface area contributed by atoms with Gasteiger partial charge in [0.25, 0.3) is 0 Å². The lowest BCUT2D eigenvalue weighted by molar-refractivity contribution is 0.0847. The molecule has 0 bridgehead atoms. The molecule has 6 heteroatoms. The number of fused-ring (bicyclic) bond motifs is 1. The Morgan fingerprint density at radius 3 is 2.76 bits per heavy atom. The molecule has 0 aliphatic carbocycles. The maximum absolute atomic E-state index is 9.64. The molecule has 2 aliphatic rings. The monoisotopic (exact) mass is 341 g/mol. The minimum atomic E-state index is -0.177. The number of para-hydroxylation sites is 2. The number of aliphatic hydroxyl groups excluding tert-OH is 1. The molecule has 0 unspecified atom stereocenters. The van der Waals surface area contributed by atoms with Crippen LogP contribution in [-0.2, 0) is 6.42 Å². The Morgan fingerprint density at radius 1 is 1.12 bits per heavy atom. The van der Waals surface area contributed by atoms with E-state index in [1.807, 2.05) is 36.5 Å². The molecule has 2 aliphatic heterocycles. The highest BCUT2D eigenvalue weighted by atomic mass is 16.6. The van der Waals surface area contributed by atoms with E-state index >= 15 is 0 Å². The summed E-state index contributed by atoms with van der Waals surface area (Å²) in [7, 11) is 0. The van der Waals surface area contributed by atoms with Gasteiger partial charge >= 0.3 is 0 Å². The third-order valence-corrected chi connectivity index (χ3v) is 4.74. The lowest BCUT2D eigenvalue weighted by Crippen LogP contribution is -2.36. The molecule has 1 fully saturated rings. The van der Waals surface area contributed by atoms with Crippen LogP contribution in [0, 0.1) is 0 Å². The molecule has 0 radical (unpaired) electrons. The fourth-order valence-corrected chi connectivity index (χ4v) is 3.28. The molecule has 1 saturated heterocycles. The highest BCUT2D eigenvalue weighted by Gasteiger charge is 2.21. The average Bonchev–Trinajstić information content (AvgIpc) is 2.67. The summed E-state index contributed by atoms with van der Waals surface area (Å²) in [6.07, 6.45) is 4.82. The summed E-state index contributed by atoms with van der Waals surface area (Å²) < 4.78 is 11.7. The van der Waals surface area contributed by atoms with Crippen LogP contribution in [0.1, 0.15) is 25.1 Å². The van der Waals surface area contributed by atoms with Crippen LogP contribution in [0.15, 0.2) is 36.5 Å². The van der Waals surface area contributed by atoms with Gasteiger partial charge in [0.2, 0.25) is 0 Å². The highest BCUT2D eigenvalue weighted by molar-refractivity contribution is 5.41. The van der Waals surface area contributed by atoms with Gasteiger partial charge in [0, 0.05) is 25.7 Å². The third-order valence-electron chi connectivity index (χ3n) is 4.74. The van der Waals surface area contributed by atoms with Crippen molar-refractivity contribution in [3.8, 4) is 11.5 Å². The quantitative estimate of drug-likeness (QED) is 0.920. The standard InChI is InChI=1S/C19H23N3O3/c23-14-8-11-22(12-9-14)19-7-10-20-18(21-19)6-5-15-13-24-16-3-1-2-4-17(16)25-15/h1-4,7,10,14-15,23H,5-6,8-9,11-13H2/t15-/m0/s1. The summed E-state index contributed by atoms with van der Waals surface area (Å²) >= 11 is 0. The molecule has 1 aromatic carbocycles. The fourth-order valence-electron chi connectivity index (χ4n) is 3.28. The lowest BCUT2D eigenvalue weighted by Gasteiger charge is -2.30.